The van der Waals surface area contributed by atoms with Crippen molar-refractivity contribution in [3.63, 3.8) is 0 Å². The lowest BCUT2D eigenvalue weighted by molar-refractivity contribution is -0.133. The maximum Gasteiger partial charge on any atom is 0.262 e. The quantitative estimate of drug-likeness (QED) is 0.611. The molecule has 1 aliphatic heterocycles. The number of nitrogens with zero attached hydrogens (tertiary/aromatic N) is 2. The molecule has 1 unspecified atom stereocenters. The lowest BCUT2D eigenvalue weighted by Gasteiger charge is -2.38. The first-order valence-electron chi connectivity index (χ1n) is 10.3. The molecule has 2 aromatic carbocycles. The number of rotatable bonds is 6. The molecule has 7 heteroatoms. The van der Waals surface area contributed by atoms with Gasteiger partial charge in [-0.2, -0.15) is 0 Å². The Kier molecular flexibility index (Phi) is 6.89. The van der Waals surface area contributed by atoms with E-state index in [-0.39, 0.29) is 11.8 Å². The van der Waals surface area contributed by atoms with Crippen LogP contribution in [0.3, 0.4) is 0 Å². The Morgan fingerprint density at radius 3 is 2.32 bits per heavy atom. The fourth-order valence-corrected chi connectivity index (χ4v) is 4.67. The summed E-state index contributed by atoms with van der Waals surface area (Å²) in [5, 5.41) is 5.54. The van der Waals surface area contributed by atoms with Crippen LogP contribution in [0, 0.1) is 0 Å². The zero-order valence-electron chi connectivity index (χ0n) is 17.0. The number of para-hydroxylation sites is 1. The monoisotopic (exact) mass is 453 g/mol. The molecule has 0 saturated carbocycles. The van der Waals surface area contributed by atoms with Gasteiger partial charge in [0.25, 0.3) is 5.91 Å². The van der Waals surface area contributed by atoms with Crippen LogP contribution in [0.2, 0.25) is 5.02 Å². The topological polar surface area (TPSA) is 52.7 Å². The summed E-state index contributed by atoms with van der Waals surface area (Å²) in [4.78, 5) is 30.7. The fraction of sp³-hybridized carbons (Fsp3) is 0.250. The van der Waals surface area contributed by atoms with Crippen LogP contribution in [0.15, 0.2) is 72.1 Å². The van der Waals surface area contributed by atoms with E-state index in [1.54, 1.807) is 6.07 Å². The Bertz CT molecular complexity index is 1020. The normalized spacial score (nSPS) is 14.9. The number of hydrogen-bond acceptors (Lipinski definition) is 4. The Morgan fingerprint density at radius 1 is 0.935 bits per heavy atom. The van der Waals surface area contributed by atoms with E-state index in [9.17, 15) is 9.59 Å². The number of carbonyl (C=O) groups is 2. The summed E-state index contributed by atoms with van der Waals surface area (Å²) in [5.74, 6) is -0.258. The van der Waals surface area contributed by atoms with Crippen molar-refractivity contribution in [3.8, 4) is 0 Å². The molecule has 1 saturated heterocycles. The highest BCUT2D eigenvalue weighted by atomic mass is 35.5. The molecule has 31 heavy (non-hydrogen) atoms. The van der Waals surface area contributed by atoms with Crippen LogP contribution in [0.5, 0.6) is 0 Å². The minimum absolute atomic E-state index is 0.0485. The Labute approximate surface area is 191 Å². The number of halogens is 1. The highest BCUT2D eigenvalue weighted by Gasteiger charge is 2.29. The molecule has 2 heterocycles. The first kappa shape index (κ1) is 21.4. The van der Waals surface area contributed by atoms with E-state index >= 15 is 0 Å². The highest BCUT2D eigenvalue weighted by Crippen LogP contribution is 2.26. The van der Waals surface area contributed by atoms with Crippen molar-refractivity contribution in [1.82, 2.24) is 10.2 Å². The van der Waals surface area contributed by atoms with Gasteiger partial charge in [0.1, 0.15) is 6.04 Å². The maximum atomic E-state index is 13.4. The number of thiophene rings is 1. The van der Waals surface area contributed by atoms with Gasteiger partial charge in [0.05, 0.1) is 15.6 Å². The number of benzene rings is 2. The third-order valence-corrected chi connectivity index (χ3v) is 6.60. The molecule has 1 atom stereocenters. The zero-order valence-corrected chi connectivity index (χ0v) is 18.6. The van der Waals surface area contributed by atoms with E-state index in [0.717, 1.165) is 11.3 Å². The second kappa shape index (κ2) is 9.98. The average Bonchev–Trinajstić information content (AvgIpc) is 3.35. The van der Waals surface area contributed by atoms with Gasteiger partial charge in [0, 0.05) is 32.6 Å². The molecule has 1 aromatic heterocycles. The summed E-state index contributed by atoms with van der Waals surface area (Å²) in [7, 11) is 0. The van der Waals surface area contributed by atoms with Gasteiger partial charge in [-0.3, -0.25) is 9.59 Å². The summed E-state index contributed by atoms with van der Waals surface area (Å²) in [6.07, 6.45) is 0.460. The Balaban J connectivity index is 1.45. The molecule has 2 amide bonds. The summed E-state index contributed by atoms with van der Waals surface area (Å²) in [6.45, 7) is 2.58. The van der Waals surface area contributed by atoms with E-state index in [0.29, 0.717) is 42.5 Å². The van der Waals surface area contributed by atoms with Crippen molar-refractivity contribution < 1.29 is 9.59 Å². The van der Waals surface area contributed by atoms with Gasteiger partial charge in [-0.05, 0) is 29.1 Å². The summed E-state index contributed by atoms with van der Waals surface area (Å²) in [5.41, 5.74) is 2.00. The van der Waals surface area contributed by atoms with Gasteiger partial charge >= 0.3 is 0 Å². The van der Waals surface area contributed by atoms with E-state index in [4.69, 9.17) is 11.6 Å². The molecule has 0 radical (unpaired) electrons. The van der Waals surface area contributed by atoms with Gasteiger partial charge in [-0.1, -0.05) is 60.1 Å². The molecule has 0 aliphatic carbocycles. The minimum Gasteiger partial charge on any atom is -0.367 e. The zero-order chi connectivity index (χ0) is 21.6. The molecule has 5 nitrogen and oxygen atoms in total. The van der Waals surface area contributed by atoms with E-state index in [1.165, 1.54) is 11.3 Å². The van der Waals surface area contributed by atoms with Crippen LogP contribution >= 0.6 is 22.9 Å². The van der Waals surface area contributed by atoms with Crippen molar-refractivity contribution in [1.29, 1.82) is 0 Å². The average molecular weight is 454 g/mol. The number of hydrogen-bond donors (Lipinski definition) is 1. The van der Waals surface area contributed by atoms with Crippen molar-refractivity contribution in [2.24, 2.45) is 0 Å². The molecule has 0 spiro atoms. The van der Waals surface area contributed by atoms with E-state index in [2.05, 4.69) is 10.2 Å². The number of piperazine rings is 1. The number of amides is 2. The first-order chi connectivity index (χ1) is 15.1. The second-order valence-corrected chi connectivity index (χ2v) is 8.81. The molecule has 160 valence electrons. The van der Waals surface area contributed by atoms with Crippen LogP contribution < -0.4 is 10.2 Å². The SMILES string of the molecule is O=C(NC(Cc1ccccc1)C(=O)N1CCN(c2ccccc2Cl)CC1)c1cccs1. The molecule has 1 N–H and O–H groups in total. The third-order valence-electron chi connectivity index (χ3n) is 5.42. The Hall–Kier alpha value is -2.83. The standard InChI is InChI=1S/C24H24ClN3O2S/c25-19-9-4-5-10-21(19)27-12-14-28(15-13-27)24(30)20(17-18-7-2-1-3-8-18)26-23(29)22-11-6-16-31-22/h1-11,16,20H,12-15,17H2,(H,26,29). The van der Waals surface area contributed by atoms with Crippen molar-refractivity contribution >= 4 is 40.4 Å². The van der Waals surface area contributed by atoms with Gasteiger partial charge in [0.15, 0.2) is 0 Å². The molecular formula is C24H24ClN3O2S. The second-order valence-electron chi connectivity index (χ2n) is 7.46. The van der Waals surface area contributed by atoms with Gasteiger partial charge < -0.3 is 15.1 Å². The van der Waals surface area contributed by atoms with Crippen molar-refractivity contribution in [3.05, 3.63) is 87.6 Å². The van der Waals surface area contributed by atoms with Crippen molar-refractivity contribution in [2.75, 3.05) is 31.1 Å². The number of nitrogens with one attached hydrogen (secondary N) is 1. The fourth-order valence-electron chi connectivity index (χ4n) is 3.78. The lowest BCUT2D eigenvalue weighted by Crippen LogP contribution is -2.55. The van der Waals surface area contributed by atoms with Crippen molar-refractivity contribution in [2.45, 2.75) is 12.5 Å². The van der Waals surface area contributed by atoms with Crippen LogP contribution in [-0.4, -0.2) is 48.9 Å². The van der Waals surface area contributed by atoms with Gasteiger partial charge in [-0.15, -0.1) is 11.3 Å². The van der Waals surface area contributed by atoms with Crippen LogP contribution in [0.4, 0.5) is 5.69 Å². The summed E-state index contributed by atoms with van der Waals surface area (Å²) >= 11 is 7.70. The molecule has 0 bridgehead atoms. The third kappa shape index (κ3) is 5.27. The summed E-state index contributed by atoms with van der Waals surface area (Å²) < 4.78 is 0. The van der Waals surface area contributed by atoms with Gasteiger partial charge in [0.2, 0.25) is 5.91 Å². The molecule has 1 fully saturated rings. The lowest BCUT2D eigenvalue weighted by atomic mass is 10.0. The minimum atomic E-state index is -0.608. The molecular weight excluding hydrogens is 430 g/mol. The van der Waals surface area contributed by atoms with Crippen LogP contribution in [-0.2, 0) is 11.2 Å². The molecule has 4 rings (SSSR count). The number of anilines is 1. The highest BCUT2D eigenvalue weighted by molar-refractivity contribution is 7.12. The largest absolute Gasteiger partial charge is 0.367 e. The van der Waals surface area contributed by atoms with Crippen LogP contribution in [0.1, 0.15) is 15.2 Å². The Morgan fingerprint density at radius 2 is 1.65 bits per heavy atom. The molecule has 1 aliphatic rings. The predicted octanol–water partition coefficient (Wildman–Crippen LogP) is 4.09. The van der Waals surface area contributed by atoms with E-state index in [1.807, 2.05) is 70.9 Å². The maximum absolute atomic E-state index is 13.4. The van der Waals surface area contributed by atoms with E-state index < -0.39 is 6.04 Å². The predicted molar refractivity (Wildman–Crippen MR) is 126 cm³/mol. The van der Waals surface area contributed by atoms with Gasteiger partial charge in [-0.25, -0.2) is 0 Å². The summed E-state index contributed by atoms with van der Waals surface area (Å²) in [6, 6.07) is 20.5. The smallest absolute Gasteiger partial charge is 0.262 e. The van der Waals surface area contributed by atoms with Crippen LogP contribution in [0.25, 0.3) is 0 Å². The first-order valence-corrected chi connectivity index (χ1v) is 11.5. The number of carbonyl (C=O) groups excluding carboxylic acids is 2. The molecule has 3 aromatic rings.